The van der Waals surface area contributed by atoms with Gasteiger partial charge in [-0.3, -0.25) is 10.0 Å². The van der Waals surface area contributed by atoms with E-state index in [0.717, 1.165) is 16.5 Å². The molecule has 1 aromatic heterocycles. The third-order valence-corrected chi connectivity index (χ3v) is 3.55. The highest BCUT2D eigenvalue weighted by Crippen LogP contribution is 2.18. The van der Waals surface area contributed by atoms with Crippen LogP contribution in [-0.2, 0) is 6.54 Å². The molecule has 0 saturated heterocycles. The average Bonchev–Trinajstić information content (AvgIpc) is 2.97. The molecule has 4 nitrogen and oxygen atoms in total. The molecule has 0 fully saturated rings. The minimum Gasteiger partial charge on any atom is -0.344 e. The van der Waals surface area contributed by atoms with Crippen LogP contribution in [-0.4, -0.2) is 15.7 Å². The van der Waals surface area contributed by atoms with Crippen molar-refractivity contribution in [3.05, 3.63) is 78.0 Å². The van der Waals surface area contributed by atoms with Gasteiger partial charge < -0.3 is 4.57 Å². The molecule has 22 heavy (non-hydrogen) atoms. The van der Waals surface area contributed by atoms with Gasteiger partial charge in [-0.05, 0) is 29.1 Å². The molecule has 2 N–H and O–H groups in total. The second-order valence-electron chi connectivity index (χ2n) is 5.00. The van der Waals surface area contributed by atoms with Crippen LogP contribution in [0.3, 0.4) is 0 Å². The number of fused-ring (bicyclic) bond motifs is 1. The molecule has 0 spiro atoms. The Hall–Kier alpha value is -2.85. The number of hydrogen-bond donors (Lipinski definition) is 2. The molecule has 4 heteroatoms. The SMILES string of the molecule is O=C(NO)c1ccc2ccn(CC=Cc3ccccc3)c2c1. The van der Waals surface area contributed by atoms with E-state index in [2.05, 4.69) is 16.7 Å². The lowest BCUT2D eigenvalue weighted by Gasteiger charge is -2.04. The fraction of sp³-hybridized carbons (Fsp3) is 0.0556. The summed E-state index contributed by atoms with van der Waals surface area (Å²) in [7, 11) is 0. The molecule has 1 heterocycles. The Bertz CT molecular complexity index is 819. The Morgan fingerprint density at radius 2 is 1.95 bits per heavy atom. The molecule has 3 aromatic rings. The Morgan fingerprint density at radius 1 is 1.14 bits per heavy atom. The standard InChI is InChI=1S/C18H16N2O2/c21-18(19-22)16-9-8-15-10-12-20(17(15)13-16)11-4-7-14-5-2-1-3-6-14/h1-10,12-13,22H,11H2,(H,19,21). The quantitative estimate of drug-likeness (QED) is 0.571. The summed E-state index contributed by atoms with van der Waals surface area (Å²) in [5.74, 6) is -0.505. The maximum Gasteiger partial charge on any atom is 0.274 e. The third kappa shape index (κ3) is 2.92. The Balaban J connectivity index is 1.84. The van der Waals surface area contributed by atoms with Crippen LogP contribution in [0.5, 0.6) is 0 Å². The van der Waals surface area contributed by atoms with Crippen LogP contribution >= 0.6 is 0 Å². The lowest BCUT2D eigenvalue weighted by molar-refractivity contribution is 0.0706. The normalized spacial score (nSPS) is 11.1. The van der Waals surface area contributed by atoms with Gasteiger partial charge in [0.25, 0.3) is 5.91 Å². The number of allylic oxidation sites excluding steroid dienone is 1. The van der Waals surface area contributed by atoms with Gasteiger partial charge in [0.2, 0.25) is 0 Å². The molecule has 0 radical (unpaired) electrons. The van der Waals surface area contributed by atoms with E-state index in [0.29, 0.717) is 12.1 Å². The van der Waals surface area contributed by atoms with Crippen molar-refractivity contribution in [1.82, 2.24) is 10.0 Å². The molecule has 0 aliphatic heterocycles. The number of hydrogen-bond acceptors (Lipinski definition) is 2. The number of rotatable bonds is 4. The predicted octanol–water partition coefficient (Wildman–Crippen LogP) is 3.47. The van der Waals surface area contributed by atoms with E-state index in [9.17, 15) is 4.79 Å². The first-order valence-electron chi connectivity index (χ1n) is 7.03. The zero-order chi connectivity index (χ0) is 15.4. The number of hydroxylamine groups is 1. The van der Waals surface area contributed by atoms with Gasteiger partial charge >= 0.3 is 0 Å². The van der Waals surface area contributed by atoms with Crippen LogP contribution in [0.1, 0.15) is 15.9 Å². The Morgan fingerprint density at radius 3 is 2.73 bits per heavy atom. The fourth-order valence-corrected chi connectivity index (χ4v) is 2.42. The van der Waals surface area contributed by atoms with E-state index < -0.39 is 5.91 Å². The molecule has 1 amide bonds. The van der Waals surface area contributed by atoms with Crippen LogP contribution < -0.4 is 5.48 Å². The van der Waals surface area contributed by atoms with Gasteiger partial charge in [0, 0.05) is 23.8 Å². The highest BCUT2D eigenvalue weighted by atomic mass is 16.5. The van der Waals surface area contributed by atoms with Gasteiger partial charge in [-0.25, -0.2) is 5.48 Å². The average molecular weight is 292 g/mol. The summed E-state index contributed by atoms with van der Waals surface area (Å²) in [4.78, 5) is 11.5. The van der Waals surface area contributed by atoms with Gasteiger partial charge in [-0.2, -0.15) is 0 Å². The van der Waals surface area contributed by atoms with Gasteiger partial charge in [-0.1, -0.05) is 48.6 Å². The topological polar surface area (TPSA) is 54.3 Å². The minimum absolute atomic E-state index is 0.432. The summed E-state index contributed by atoms with van der Waals surface area (Å²) in [5.41, 5.74) is 4.20. The Kier molecular flexibility index (Phi) is 4.03. The highest BCUT2D eigenvalue weighted by molar-refractivity contribution is 5.97. The third-order valence-electron chi connectivity index (χ3n) is 3.55. The number of nitrogens with one attached hydrogen (secondary N) is 1. The maximum atomic E-state index is 11.5. The molecule has 0 unspecified atom stereocenters. The first-order chi connectivity index (χ1) is 10.8. The van der Waals surface area contributed by atoms with Gasteiger partial charge in [0.1, 0.15) is 0 Å². The monoisotopic (exact) mass is 292 g/mol. The van der Waals surface area contributed by atoms with E-state index in [-0.39, 0.29) is 0 Å². The molecule has 3 rings (SSSR count). The first-order valence-corrected chi connectivity index (χ1v) is 7.03. The van der Waals surface area contributed by atoms with E-state index in [1.807, 2.05) is 48.7 Å². The highest BCUT2D eigenvalue weighted by Gasteiger charge is 2.07. The van der Waals surface area contributed by atoms with Crippen molar-refractivity contribution in [3.63, 3.8) is 0 Å². The van der Waals surface area contributed by atoms with Crippen molar-refractivity contribution in [2.45, 2.75) is 6.54 Å². The number of carbonyl (C=O) groups excluding carboxylic acids is 1. The number of aromatic nitrogens is 1. The zero-order valence-electron chi connectivity index (χ0n) is 11.9. The number of amides is 1. The van der Waals surface area contributed by atoms with Gasteiger partial charge in [0.05, 0.1) is 0 Å². The maximum absolute atomic E-state index is 11.5. The van der Waals surface area contributed by atoms with E-state index >= 15 is 0 Å². The lowest BCUT2D eigenvalue weighted by atomic mass is 10.1. The van der Waals surface area contributed by atoms with Crippen molar-refractivity contribution in [1.29, 1.82) is 0 Å². The number of nitrogens with zero attached hydrogens (tertiary/aromatic N) is 1. The summed E-state index contributed by atoms with van der Waals surface area (Å²) in [6.07, 6.45) is 6.13. The van der Waals surface area contributed by atoms with Gasteiger partial charge in [-0.15, -0.1) is 0 Å². The summed E-state index contributed by atoms with van der Waals surface area (Å²) in [5, 5.41) is 9.79. The van der Waals surface area contributed by atoms with Crippen LogP contribution in [0.15, 0.2) is 66.9 Å². The lowest BCUT2D eigenvalue weighted by Crippen LogP contribution is -2.18. The van der Waals surface area contributed by atoms with Crippen molar-refractivity contribution in [2.75, 3.05) is 0 Å². The molecular formula is C18H16N2O2. The van der Waals surface area contributed by atoms with E-state index in [1.165, 1.54) is 0 Å². The van der Waals surface area contributed by atoms with Crippen molar-refractivity contribution < 1.29 is 10.0 Å². The molecule has 110 valence electrons. The summed E-state index contributed by atoms with van der Waals surface area (Å²) in [6, 6.07) is 17.4. The van der Waals surface area contributed by atoms with Crippen LogP contribution in [0.25, 0.3) is 17.0 Å². The molecule has 0 saturated carbocycles. The van der Waals surface area contributed by atoms with Crippen molar-refractivity contribution in [3.8, 4) is 0 Å². The molecule has 0 aliphatic rings. The van der Waals surface area contributed by atoms with E-state index in [4.69, 9.17) is 5.21 Å². The van der Waals surface area contributed by atoms with Crippen molar-refractivity contribution >= 4 is 22.9 Å². The summed E-state index contributed by atoms with van der Waals surface area (Å²) < 4.78 is 2.06. The molecule has 0 bridgehead atoms. The zero-order valence-corrected chi connectivity index (χ0v) is 11.9. The summed E-state index contributed by atoms with van der Waals surface area (Å²) in [6.45, 7) is 0.711. The predicted molar refractivity (Wildman–Crippen MR) is 86.7 cm³/mol. The minimum atomic E-state index is -0.505. The van der Waals surface area contributed by atoms with Gasteiger partial charge in [0.15, 0.2) is 0 Å². The second-order valence-corrected chi connectivity index (χ2v) is 5.00. The first kappa shape index (κ1) is 14.1. The smallest absolute Gasteiger partial charge is 0.274 e. The van der Waals surface area contributed by atoms with Crippen LogP contribution in [0.2, 0.25) is 0 Å². The van der Waals surface area contributed by atoms with Crippen molar-refractivity contribution in [2.24, 2.45) is 0 Å². The molecule has 0 aliphatic carbocycles. The fourth-order valence-electron chi connectivity index (χ4n) is 2.42. The Labute approximate surface area is 128 Å². The molecule has 2 aromatic carbocycles. The number of carbonyl (C=O) groups is 1. The number of benzene rings is 2. The largest absolute Gasteiger partial charge is 0.344 e. The summed E-state index contributed by atoms with van der Waals surface area (Å²) >= 11 is 0. The molecule has 0 atom stereocenters. The molecular weight excluding hydrogens is 276 g/mol. The van der Waals surface area contributed by atoms with Crippen LogP contribution in [0, 0.1) is 0 Å². The van der Waals surface area contributed by atoms with Crippen LogP contribution in [0.4, 0.5) is 0 Å². The second kappa shape index (κ2) is 6.28. The van der Waals surface area contributed by atoms with E-state index in [1.54, 1.807) is 17.6 Å².